The standard InChI is InChI=1S/C7H3F3N2O4S/c8-7(9,10)17(13,14)16-5-3-15-4-1-2-11-12-6(4)5/h1-3H. The van der Waals surface area contributed by atoms with Crippen LogP contribution in [0.3, 0.4) is 0 Å². The summed E-state index contributed by atoms with van der Waals surface area (Å²) >= 11 is 0. The number of aromatic nitrogens is 2. The first-order valence-corrected chi connectivity index (χ1v) is 5.42. The van der Waals surface area contributed by atoms with Crippen LogP contribution < -0.4 is 4.18 Å². The van der Waals surface area contributed by atoms with Gasteiger partial charge in [0.2, 0.25) is 5.75 Å². The molecule has 2 aromatic heterocycles. The average molecular weight is 268 g/mol. The van der Waals surface area contributed by atoms with Crippen LogP contribution in [0, 0.1) is 0 Å². The van der Waals surface area contributed by atoms with Crippen molar-refractivity contribution in [1.82, 2.24) is 10.2 Å². The molecule has 0 saturated carbocycles. The van der Waals surface area contributed by atoms with E-state index in [0.717, 1.165) is 0 Å². The van der Waals surface area contributed by atoms with Crippen molar-refractivity contribution < 1.29 is 30.2 Å². The zero-order chi connectivity index (χ0) is 12.7. The van der Waals surface area contributed by atoms with Gasteiger partial charge in [0.05, 0.1) is 6.20 Å². The van der Waals surface area contributed by atoms with E-state index in [9.17, 15) is 21.6 Å². The molecule has 0 aliphatic heterocycles. The second-order valence-corrected chi connectivity index (χ2v) is 4.37. The van der Waals surface area contributed by atoms with Gasteiger partial charge in [0.1, 0.15) is 6.26 Å². The van der Waals surface area contributed by atoms with Gasteiger partial charge in [0.15, 0.2) is 11.1 Å². The van der Waals surface area contributed by atoms with Crippen molar-refractivity contribution >= 4 is 21.2 Å². The van der Waals surface area contributed by atoms with E-state index in [0.29, 0.717) is 6.26 Å². The number of rotatable bonds is 2. The Morgan fingerprint density at radius 3 is 2.71 bits per heavy atom. The van der Waals surface area contributed by atoms with Gasteiger partial charge >= 0.3 is 15.6 Å². The fourth-order valence-electron chi connectivity index (χ4n) is 0.983. The van der Waals surface area contributed by atoms with Crippen molar-refractivity contribution in [3.8, 4) is 5.75 Å². The molecule has 0 atom stereocenters. The molecular weight excluding hydrogens is 265 g/mol. The SMILES string of the molecule is O=S(=O)(Oc1coc2ccnnc12)C(F)(F)F. The van der Waals surface area contributed by atoms with Crippen LogP contribution in [-0.4, -0.2) is 24.1 Å². The molecule has 0 fully saturated rings. The van der Waals surface area contributed by atoms with Crippen molar-refractivity contribution in [1.29, 1.82) is 0 Å². The molecule has 0 bridgehead atoms. The second-order valence-electron chi connectivity index (χ2n) is 2.83. The molecule has 0 amide bonds. The molecule has 0 aromatic carbocycles. The van der Waals surface area contributed by atoms with E-state index in [1.54, 1.807) is 0 Å². The molecule has 0 radical (unpaired) electrons. The van der Waals surface area contributed by atoms with Gasteiger partial charge in [-0.2, -0.15) is 26.7 Å². The molecule has 0 N–H and O–H groups in total. The first kappa shape index (κ1) is 11.6. The van der Waals surface area contributed by atoms with E-state index < -0.39 is 21.4 Å². The summed E-state index contributed by atoms with van der Waals surface area (Å²) in [5, 5.41) is 6.78. The third-order valence-corrected chi connectivity index (χ3v) is 2.66. The van der Waals surface area contributed by atoms with Crippen molar-refractivity contribution in [3.05, 3.63) is 18.5 Å². The fraction of sp³-hybridized carbons (Fsp3) is 0.143. The monoisotopic (exact) mass is 268 g/mol. The maximum absolute atomic E-state index is 12.0. The van der Waals surface area contributed by atoms with E-state index in [1.807, 2.05) is 0 Å². The Kier molecular flexibility index (Phi) is 2.45. The van der Waals surface area contributed by atoms with E-state index in [2.05, 4.69) is 14.4 Å². The van der Waals surface area contributed by atoms with Gasteiger partial charge in [0.25, 0.3) is 0 Å². The second kappa shape index (κ2) is 3.58. The zero-order valence-corrected chi connectivity index (χ0v) is 8.62. The predicted octanol–water partition coefficient (Wildman–Crippen LogP) is 1.45. The lowest BCUT2D eigenvalue weighted by Gasteiger charge is -2.06. The van der Waals surface area contributed by atoms with E-state index >= 15 is 0 Å². The number of hydrogen-bond donors (Lipinski definition) is 0. The molecule has 0 unspecified atom stereocenters. The van der Waals surface area contributed by atoms with Crippen molar-refractivity contribution in [3.63, 3.8) is 0 Å². The van der Waals surface area contributed by atoms with Crippen LogP contribution >= 0.6 is 0 Å². The largest absolute Gasteiger partial charge is 0.534 e. The Labute approximate surface area is 92.1 Å². The van der Waals surface area contributed by atoms with Gasteiger partial charge in [-0.05, 0) is 0 Å². The Hall–Kier alpha value is -1.84. The highest BCUT2D eigenvalue weighted by molar-refractivity contribution is 7.88. The highest BCUT2D eigenvalue weighted by Gasteiger charge is 2.49. The Morgan fingerprint density at radius 2 is 2.06 bits per heavy atom. The average Bonchev–Trinajstić information content (AvgIpc) is 2.60. The third-order valence-electron chi connectivity index (χ3n) is 1.69. The van der Waals surface area contributed by atoms with Gasteiger partial charge < -0.3 is 8.60 Å². The summed E-state index contributed by atoms with van der Waals surface area (Å²) in [5.41, 5.74) is -5.66. The number of fused-ring (bicyclic) bond motifs is 1. The van der Waals surface area contributed by atoms with Crippen LogP contribution in [0.4, 0.5) is 13.2 Å². The third kappa shape index (κ3) is 2.02. The van der Waals surface area contributed by atoms with Crippen LogP contribution in [-0.2, 0) is 10.1 Å². The lowest BCUT2D eigenvalue weighted by atomic mass is 10.4. The predicted molar refractivity (Wildman–Crippen MR) is 47.4 cm³/mol. The van der Waals surface area contributed by atoms with Crippen LogP contribution in [0.15, 0.2) is 22.9 Å². The number of furan rings is 1. The Balaban J connectivity index is 2.44. The molecule has 0 aliphatic rings. The van der Waals surface area contributed by atoms with Crippen molar-refractivity contribution in [2.75, 3.05) is 0 Å². The quantitative estimate of drug-likeness (QED) is 0.605. The van der Waals surface area contributed by atoms with Gasteiger partial charge in [-0.15, -0.1) is 5.10 Å². The molecule has 2 heterocycles. The Morgan fingerprint density at radius 1 is 1.35 bits per heavy atom. The van der Waals surface area contributed by atoms with Crippen molar-refractivity contribution in [2.45, 2.75) is 5.51 Å². The minimum Gasteiger partial charge on any atom is -0.458 e. The maximum Gasteiger partial charge on any atom is 0.534 e. The zero-order valence-electron chi connectivity index (χ0n) is 7.80. The van der Waals surface area contributed by atoms with Gasteiger partial charge in [0, 0.05) is 6.07 Å². The van der Waals surface area contributed by atoms with E-state index in [-0.39, 0.29) is 11.1 Å². The lowest BCUT2D eigenvalue weighted by molar-refractivity contribution is -0.0499. The summed E-state index contributed by atoms with van der Waals surface area (Å²) < 4.78 is 66.2. The highest BCUT2D eigenvalue weighted by Crippen LogP contribution is 2.31. The van der Waals surface area contributed by atoms with E-state index in [1.165, 1.54) is 12.3 Å². The highest BCUT2D eigenvalue weighted by atomic mass is 32.2. The summed E-state index contributed by atoms with van der Waals surface area (Å²) in [6.45, 7) is 0. The van der Waals surface area contributed by atoms with Crippen LogP contribution in [0.2, 0.25) is 0 Å². The topological polar surface area (TPSA) is 82.3 Å². The number of halogens is 3. The first-order chi connectivity index (χ1) is 7.81. The molecule has 92 valence electrons. The summed E-state index contributed by atoms with van der Waals surface area (Å²) in [6.07, 6.45) is 1.94. The first-order valence-electron chi connectivity index (χ1n) is 4.01. The molecule has 2 aromatic rings. The number of hydrogen-bond acceptors (Lipinski definition) is 6. The normalized spacial score (nSPS) is 12.9. The molecule has 10 heteroatoms. The number of alkyl halides is 3. The summed E-state index contributed by atoms with van der Waals surface area (Å²) in [6, 6.07) is 1.30. The van der Waals surface area contributed by atoms with Gasteiger partial charge in [-0.1, -0.05) is 0 Å². The molecule has 2 rings (SSSR count). The summed E-state index contributed by atoms with van der Waals surface area (Å²) in [4.78, 5) is 0. The minimum absolute atomic E-state index is 0.0624. The molecular formula is C7H3F3N2O4S. The van der Waals surface area contributed by atoms with Crippen LogP contribution in [0.5, 0.6) is 5.75 Å². The number of nitrogens with zero attached hydrogens (tertiary/aromatic N) is 2. The molecule has 0 saturated heterocycles. The molecule has 0 spiro atoms. The van der Waals surface area contributed by atoms with Gasteiger partial charge in [-0.3, -0.25) is 0 Å². The van der Waals surface area contributed by atoms with Crippen LogP contribution in [0.25, 0.3) is 11.1 Å². The summed E-state index contributed by atoms with van der Waals surface area (Å²) in [5.74, 6) is -0.662. The minimum atomic E-state index is -5.74. The summed E-state index contributed by atoms with van der Waals surface area (Å²) in [7, 11) is -5.74. The molecule has 6 nitrogen and oxygen atoms in total. The van der Waals surface area contributed by atoms with E-state index in [4.69, 9.17) is 4.42 Å². The molecule has 0 aliphatic carbocycles. The van der Waals surface area contributed by atoms with Crippen molar-refractivity contribution in [2.24, 2.45) is 0 Å². The maximum atomic E-state index is 12.0. The lowest BCUT2D eigenvalue weighted by Crippen LogP contribution is -2.28. The smallest absolute Gasteiger partial charge is 0.458 e. The Bertz CT molecular complexity index is 648. The molecule has 17 heavy (non-hydrogen) atoms. The van der Waals surface area contributed by atoms with Crippen LogP contribution in [0.1, 0.15) is 0 Å². The fourth-order valence-corrected chi connectivity index (χ4v) is 1.43. The van der Waals surface area contributed by atoms with Gasteiger partial charge in [-0.25, -0.2) is 0 Å².